The summed E-state index contributed by atoms with van der Waals surface area (Å²) in [5, 5.41) is 8.99. The molecule has 2 rings (SSSR count). The van der Waals surface area contributed by atoms with Crippen molar-refractivity contribution in [2.24, 2.45) is 0 Å². The fourth-order valence-electron chi connectivity index (χ4n) is 1.94. The summed E-state index contributed by atoms with van der Waals surface area (Å²) in [5.41, 5.74) is 1.40. The Balaban J connectivity index is 2.23. The first kappa shape index (κ1) is 13.5. The molecule has 2 aromatic rings. The van der Waals surface area contributed by atoms with Gasteiger partial charge in [-0.1, -0.05) is 24.3 Å². The van der Waals surface area contributed by atoms with Crippen molar-refractivity contribution in [3.05, 3.63) is 59.5 Å². The number of aliphatic hydroxyl groups is 1. The molecule has 3 nitrogen and oxygen atoms in total. The van der Waals surface area contributed by atoms with Gasteiger partial charge in [-0.05, 0) is 24.6 Å². The fourth-order valence-corrected chi connectivity index (χ4v) is 1.94. The van der Waals surface area contributed by atoms with Crippen molar-refractivity contribution in [2.45, 2.75) is 19.6 Å². The predicted molar refractivity (Wildman–Crippen MR) is 73.4 cm³/mol. The van der Waals surface area contributed by atoms with Gasteiger partial charge in [-0.15, -0.1) is 0 Å². The molecule has 0 spiro atoms. The lowest BCUT2D eigenvalue weighted by molar-refractivity contribution is 0.281. The number of nitrogens with zero attached hydrogens (tertiary/aromatic N) is 2. The Hall–Kier alpha value is -1.94. The largest absolute Gasteiger partial charge is 0.392 e. The van der Waals surface area contributed by atoms with Crippen LogP contribution in [0.25, 0.3) is 0 Å². The Morgan fingerprint density at radius 2 is 2.00 bits per heavy atom. The molecule has 0 aliphatic heterocycles. The summed E-state index contributed by atoms with van der Waals surface area (Å²) in [4.78, 5) is 6.17. The van der Waals surface area contributed by atoms with Gasteiger partial charge in [-0.3, -0.25) is 0 Å². The smallest absolute Gasteiger partial charge is 0.128 e. The summed E-state index contributed by atoms with van der Waals surface area (Å²) < 4.78 is 13.8. The van der Waals surface area contributed by atoms with Crippen molar-refractivity contribution >= 4 is 5.82 Å². The van der Waals surface area contributed by atoms with Gasteiger partial charge in [0.1, 0.15) is 11.6 Å². The van der Waals surface area contributed by atoms with E-state index in [1.54, 1.807) is 18.3 Å². The predicted octanol–water partition coefficient (Wildman–Crippen LogP) is 2.91. The highest BCUT2D eigenvalue weighted by Crippen LogP contribution is 2.25. The molecule has 1 atom stereocenters. The van der Waals surface area contributed by atoms with Gasteiger partial charge in [-0.2, -0.15) is 0 Å². The number of aliphatic hydroxyl groups excluding tert-OH is 1. The van der Waals surface area contributed by atoms with E-state index in [0.29, 0.717) is 5.56 Å². The first-order valence-electron chi connectivity index (χ1n) is 6.16. The van der Waals surface area contributed by atoms with Crippen LogP contribution in [-0.2, 0) is 6.61 Å². The Bertz CT molecular complexity index is 542. The maximum Gasteiger partial charge on any atom is 0.128 e. The Morgan fingerprint density at radius 1 is 1.26 bits per heavy atom. The monoisotopic (exact) mass is 260 g/mol. The molecule has 0 radical (unpaired) electrons. The second-order valence-electron chi connectivity index (χ2n) is 4.49. The van der Waals surface area contributed by atoms with Crippen LogP contribution in [0.5, 0.6) is 0 Å². The van der Waals surface area contributed by atoms with Crippen LogP contribution in [-0.4, -0.2) is 17.1 Å². The molecular formula is C15H17FN2O. The van der Waals surface area contributed by atoms with E-state index >= 15 is 0 Å². The van der Waals surface area contributed by atoms with Crippen LogP contribution in [0.2, 0.25) is 0 Å². The summed E-state index contributed by atoms with van der Waals surface area (Å²) in [6.45, 7) is 1.90. The van der Waals surface area contributed by atoms with E-state index in [2.05, 4.69) is 4.98 Å². The molecule has 1 aromatic carbocycles. The lowest BCUT2D eigenvalue weighted by Gasteiger charge is -2.26. The van der Waals surface area contributed by atoms with Crippen molar-refractivity contribution < 1.29 is 9.50 Å². The normalized spacial score (nSPS) is 12.2. The van der Waals surface area contributed by atoms with Crippen LogP contribution in [0.15, 0.2) is 42.6 Å². The maximum atomic E-state index is 13.8. The Morgan fingerprint density at radius 3 is 2.58 bits per heavy atom. The van der Waals surface area contributed by atoms with E-state index in [9.17, 15) is 4.39 Å². The molecule has 0 fully saturated rings. The van der Waals surface area contributed by atoms with Gasteiger partial charge >= 0.3 is 0 Å². The molecule has 100 valence electrons. The van der Waals surface area contributed by atoms with Gasteiger partial charge in [0.2, 0.25) is 0 Å². The third-order valence-corrected chi connectivity index (χ3v) is 3.29. The maximum absolute atomic E-state index is 13.8. The standard InChI is InChI=1S/C15H17FN2O/c1-11(13-5-3-4-6-14(13)16)18(2)15-8-7-12(10-19)9-17-15/h3-9,11,19H,10H2,1-2H3. The zero-order chi connectivity index (χ0) is 13.8. The SMILES string of the molecule is CC(c1ccccc1F)N(C)c1ccc(CO)cn1. The Labute approximate surface area is 112 Å². The first-order valence-corrected chi connectivity index (χ1v) is 6.16. The minimum Gasteiger partial charge on any atom is -0.392 e. The van der Waals surface area contributed by atoms with Gasteiger partial charge in [0.25, 0.3) is 0 Å². The van der Waals surface area contributed by atoms with E-state index in [4.69, 9.17) is 5.11 Å². The molecule has 19 heavy (non-hydrogen) atoms. The average molecular weight is 260 g/mol. The second kappa shape index (κ2) is 5.80. The van der Waals surface area contributed by atoms with Gasteiger partial charge < -0.3 is 10.0 Å². The first-order chi connectivity index (χ1) is 9.13. The number of hydrogen-bond acceptors (Lipinski definition) is 3. The van der Waals surface area contributed by atoms with Crippen molar-refractivity contribution in [2.75, 3.05) is 11.9 Å². The molecule has 1 N–H and O–H groups in total. The average Bonchev–Trinajstić information content (AvgIpc) is 2.46. The van der Waals surface area contributed by atoms with Crippen LogP contribution in [0.4, 0.5) is 10.2 Å². The molecule has 0 aliphatic carbocycles. The topological polar surface area (TPSA) is 36.4 Å². The molecule has 0 amide bonds. The van der Waals surface area contributed by atoms with E-state index in [-0.39, 0.29) is 18.5 Å². The third-order valence-electron chi connectivity index (χ3n) is 3.29. The molecule has 0 saturated carbocycles. The number of benzene rings is 1. The van der Waals surface area contributed by atoms with Gasteiger partial charge in [0.15, 0.2) is 0 Å². The van der Waals surface area contributed by atoms with E-state index < -0.39 is 0 Å². The number of anilines is 1. The van der Waals surface area contributed by atoms with Crippen LogP contribution in [0, 0.1) is 5.82 Å². The summed E-state index contributed by atoms with van der Waals surface area (Å²) in [6, 6.07) is 10.3. The zero-order valence-corrected chi connectivity index (χ0v) is 11.0. The van der Waals surface area contributed by atoms with Crippen LogP contribution in [0.3, 0.4) is 0 Å². The van der Waals surface area contributed by atoms with Crippen molar-refractivity contribution in [1.29, 1.82) is 0 Å². The highest BCUT2D eigenvalue weighted by molar-refractivity contribution is 5.42. The summed E-state index contributed by atoms with van der Waals surface area (Å²) in [6.07, 6.45) is 1.62. The van der Waals surface area contributed by atoms with Crippen LogP contribution < -0.4 is 4.90 Å². The number of rotatable bonds is 4. The molecule has 0 bridgehead atoms. The highest BCUT2D eigenvalue weighted by Gasteiger charge is 2.16. The minimum atomic E-state index is -0.214. The lowest BCUT2D eigenvalue weighted by Crippen LogP contribution is -2.23. The summed E-state index contributed by atoms with van der Waals surface area (Å²) in [7, 11) is 1.87. The van der Waals surface area contributed by atoms with Gasteiger partial charge in [0, 0.05) is 18.8 Å². The van der Waals surface area contributed by atoms with Crippen molar-refractivity contribution in [3.8, 4) is 0 Å². The highest BCUT2D eigenvalue weighted by atomic mass is 19.1. The number of halogens is 1. The summed E-state index contributed by atoms with van der Waals surface area (Å²) in [5.74, 6) is 0.529. The quantitative estimate of drug-likeness (QED) is 0.918. The molecule has 1 aromatic heterocycles. The Kier molecular flexibility index (Phi) is 4.12. The zero-order valence-electron chi connectivity index (χ0n) is 11.0. The van der Waals surface area contributed by atoms with Crippen LogP contribution >= 0.6 is 0 Å². The third kappa shape index (κ3) is 2.90. The molecule has 1 heterocycles. The molecule has 0 aliphatic rings. The van der Waals surface area contributed by atoms with Crippen molar-refractivity contribution in [3.63, 3.8) is 0 Å². The van der Waals surface area contributed by atoms with Gasteiger partial charge in [-0.25, -0.2) is 9.37 Å². The lowest BCUT2D eigenvalue weighted by atomic mass is 10.1. The number of aromatic nitrogens is 1. The minimum absolute atomic E-state index is 0.0279. The van der Waals surface area contributed by atoms with Crippen molar-refractivity contribution in [1.82, 2.24) is 4.98 Å². The van der Waals surface area contributed by atoms with E-state index in [1.807, 2.05) is 37.1 Å². The fraction of sp³-hybridized carbons (Fsp3) is 0.267. The van der Waals surface area contributed by atoms with E-state index in [0.717, 1.165) is 11.4 Å². The molecular weight excluding hydrogens is 243 g/mol. The number of hydrogen-bond donors (Lipinski definition) is 1. The molecule has 1 unspecified atom stereocenters. The second-order valence-corrected chi connectivity index (χ2v) is 4.49. The van der Waals surface area contributed by atoms with E-state index in [1.165, 1.54) is 6.07 Å². The van der Waals surface area contributed by atoms with Crippen LogP contribution in [0.1, 0.15) is 24.1 Å². The van der Waals surface area contributed by atoms with Gasteiger partial charge in [0.05, 0.1) is 12.6 Å². The molecule has 0 saturated heterocycles. The summed E-state index contributed by atoms with van der Waals surface area (Å²) >= 11 is 0. The molecule has 4 heteroatoms. The number of pyridine rings is 1.